The van der Waals surface area contributed by atoms with E-state index in [1.807, 2.05) is 31.5 Å². The molecule has 0 radical (unpaired) electrons. The van der Waals surface area contributed by atoms with Crippen molar-refractivity contribution in [3.8, 4) is 0 Å². The molecule has 0 saturated carbocycles. The van der Waals surface area contributed by atoms with Gasteiger partial charge in [-0.25, -0.2) is 9.37 Å². The van der Waals surface area contributed by atoms with Crippen molar-refractivity contribution in [1.29, 1.82) is 0 Å². The highest BCUT2D eigenvalue weighted by atomic mass is 32.1. The van der Waals surface area contributed by atoms with Crippen LogP contribution in [0.2, 0.25) is 0 Å². The molecule has 27 heavy (non-hydrogen) atoms. The van der Waals surface area contributed by atoms with Crippen molar-refractivity contribution in [3.05, 3.63) is 81.6 Å². The summed E-state index contributed by atoms with van der Waals surface area (Å²) in [5.74, 6) is -0.549. The molecule has 4 rings (SSSR count). The van der Waals surface area contributed by atoms with Gasteiger partial charge in [0.1, 0.15) is 5.82 Å². The van der Waals surface area contributed by atoms with Gasteiger partial charge in [0, 0.05) is 23.5 Å². The Morgan fingerprint density at radius 1 is 1.26 bits per heavy atom. The third-order valence-corrected chi connectivity index (χ3v) is 5.37. The molecule has 136 valence electrons. The second-order valence-corrected chi connectivity index (χ2v) is 7.26. The maximum absolute atomic E-state index is 13.3. The number of benzene rings is 1. The lowest BCUT2D eigenvalue weighted by Gasteiger charge is -2.18. The Morgan fingerprint density at radius 2 is 2.04 bits per heavy atom. The third-order valence-electron chi connectivity index (χ3n) is 4.43. The highest BCUT2D eigenvalue weighted by Crippen LogP contribution is 2.27. The second-order valence-electron chi connectivity index (χ2n) is 6.28. The molecule has 4 aromatic rings. The zero-order valence-corrected chi connectivity index (χ0v) is 15.6. The topological polar surface area (TPSA) is 59.8 Å². The molecule has 1 atom stereocenters. The molecule has 0 saturated heterocycles. The normalized spacial score (nSPS) is 12.3. The largest absolute Gasteiger partial charge is 0.340 e. The van der Waals surface area contributed by atoms with Gasteiger partial charge in [-0.15, -0.1) is 11.3 Å². The molecule has 1 aromatic carbocycles. The molecule has 1 unspecified atom stereocenters. The first kappa shape index (κ1) is 17.4. The van der Waals surface area contributed by atoms with Gasteiger partial charge in [0.05, 0.1) is 17.3 Å². The molecule has 7 heteroatoms. The molecule has 0 spiro atoms. The number of pyridine rings is 1. The van der Waals surface area contributed by atoms with Crippen LogP contribution in [-0.2, 0) is 7.05 Å². The van der Waals surface area contributed by atoms with Crippen LogP contribution in [-0.4, -0.2) is 20.7 Å². The summed E-state index contributed by atoms with van der Waals surface area (Å²) in [6, 6.07) is 11.5. The van der Waals surface area contributed by atoms with Gasteiger partial charge >= 0.3 is 0 Å². The van der Waals surface area contributed by atoms with E-state index < -0.39 is 0 Å². The number of aryl methyl sites for hydroxylation is 2. The van der Waals surface area contributed by atoms with E-state index in [1.165, 1.54) is 23.5 Å². The van der Waals surface area contributed by atoms with Crippen molar-refractivity contribution in [2.75, 3.05) is 0 Å². The van der Waals surface area contributed by atoms with Crippen molar-refractivity contribution in [2.24, 2.45) is 7.05 Å². The number of fused-ring (bicyclic) bond motifs is 1. The van der Waals surface area contributed by atoms with Crippen LogP contribution in [0.15, 0.2) is 54.0 Å². The molecule has 1 amide bonds. The van der Waals surface area contributed by atoms with Crippen LogP contribution in [0.5, 0.6) is 0 Å². The molecule has 0 fully saturated rings. The van der Waals surface area contributed by atoms with Crippen LogP contribution in [0.1, 0.15) is 32.5 Å². The Kier molecular flexibility index (Phi) is 4.45. The summed E-state index contributed by atoms with van der Waals surface area (Å²) in [6.07, 6.45) is 1.55. The number of thiophene rings is 1. The van der Waals surface area contributed by atoms with Crippen molar-refractivity contribution >= 4 is 28.3 Å². The van der Waals surface area contributed by atoms with Gasteiger partial charge in [0.15, 0.2) is 5.65 Å². The van der Waals surface area contributed by atoms with Crippen LogP contribution >= 0.6 is 11.3 Å². The molecule has 3 heterocycles. The lowest BCUT2D eigenvalue weighted by atomic mass is 10.0. The minimum Gasteiger partial charge on any atom is -0.340 e. The summed E-state index contributed by atoms with van der Waals surface area (Å²) in [6.45, 7) is 1.89. The number of carbonyl (C=O) groups excluding carboxylic acids is 1. The van der Waals surface area contributed by atoms with E-state index in [4.69, 9.17) is 0 Å². The van der Waals surface area contributed by atoms with Gasteiger partial charge < -0.3 is 5.32 Å². The molecule has 0 aliphatic heterocycles. The van der Waals surface area contributed by atoms with Gasteiger partial charge in [0.2, 0.25) is 0 Å². The predicted octanol–water partition coefficient (Wildman–Crippen LogP) is 4.00. The Bertz CT molecular complexity index is 1100. The van der Waals surface area contributed by atoms with E-state index in [9.17, 15) is 9.18 Å². The van der Waals surface area contributed by atoms with Crippen molar-refractivity contribution < 1.29 is 9.18 Å². The first-order chi connectivity index (χ1) is 13.0. The SMILES string of the molecule is Cc1nn(C)c2ncc(C(=O)NC(c3ccc(F)cc3)c3cccs3)cc12. The minimum absolute atomic E-state index is 0.240. The minimum atomic E-state index is -0.358. The number of aromatic nitrogens is 3. The fourth-order valence-electron chi connectivity index (χ4n) is 3.08. The molecular formula is C20H17FN4OS. The highest BCUT2D eigenvalue weighted by Gasteiger charge is 2.20. The van der Waals surface area contributed by atoms with E-state index in [-0.39, 0.29) is 17.8 Å². The van der Waals surface area contributed by atoms with Crippen LogP contribution < -0.4 is 5.32 Å². The molecule has 0 bridgehead atoms. The van der Waals surface area contributed by atoms with E-state index in [0.29, 0.717) is 5.56 Å². The summed E-state index contributed by atoms with van der Waals surface area (Å²) in [7, 11) is 1.82. The van der Waals surface area contributed by atoms with Gasteiger partial charge in [-0.3, -0.25) is 9.48 Å². The lowest BCUT2D eigenvalue weighted by molar-refractivity contribution is 0.0943. The van der Waals surface area contributed by atoms with Gasteiger partial charge in [-0.2, -0.15) is 5.10 Å². The summed E-state index contributed by atoms with van der Waals surface area (Å²) >= 11 is 1.54. The van der Waals surface area contributed by atoms with Crippen LogP contribution in [0.25, 0.3) is 11.0 Å². The molecule has 5 nitrogen and oxygen atoms in total. The standard InChI is InChI=1S/C20H17FN4OS/c1-12-16-10-14(11-22-19(16)25(2)24-12)20(26)23-18(17-4-3-9-27-17)13-5-7-15(21)8-6-13/h3-11,18H,1-2H3,(H,23,26). The first-order valence-electron chi connectivity index (χ1n) is 8.42. The zero-order chi connectivity index (χ0) is 19.0. The Balaban J connectivity index is 1.67. The third kappa shape index (κ3) is 3.33. The van der Waals surface area contributed by atoms with Crippen LogP contribution in [0.3, 0.4) is 0 Å². The average molecular weight is 380 g/mol. The number of halogens is 1. The fourth-order valence-corrected chi connectivity index (χ4v) is 3.88. The van der Waals surface area contributed by atoms with Gasteiger partial charge in [-0.1, -0.05) is 18.2 Å². The van der Waals surface area contributed by atoms with Crippen molar-refractivity contribution in [1.82, 2.24) is 20.1 Å². The van der Waals surface area contributed by atoms with Gasteiger partial charge in [0.25, 0.3) is 5.91 Å². The molecule has 0 aliphatic carbocycles. The van der Waals surface area contributed by atoms with Gasteiger partial charge in [-0.05, 0) is 42.1 Å². The van der Waals surface area contributed by atoms with E-state index in [2.05, 4.69) is 15.4 Å². The second kappa shape index (κ2) is 6.92. The maximum atomic E-state index is 13.3. The number of hydrogen-bond acceptors (Lipinski definition) is 4. The Morgan fingerprint density at radius 3 is 2.74 bits per heavy atom. The highest BCUT2D eigenvalue weighted by molar-refractivity contribution is 7.10. The number of nitrogens with one attached hydrogen (secondary N) is 1. The lowest BCUT2D eigenvalue weighted by Crippen LogP contribution is -2.29. The maximum Gasteiger partial charge on any atom is 0.253 e. The van der Waals surface area contributed by atoms with E-state index in [0.717, 1.165) is 27.2 Å². The van der Waals surface area contributed by atoms with Crippen molar-refractivity contribution in [3.63, 3.8) is 0 Å². The number of hydrogen-bond donors (Lipinski definition) is 1. The summed E-state index contributed by atoms with van der Waals surface area (Å²) in [5.41, 5.74) is 2.83. The van der Waals surface area contributed by atoms with Crippen molar-refractivity contribution in [2.45, 2.75) is 13.0 Å². The first-order valence-corrected chi connectivity index (χ1v) is 9.30. The summed E-state index contributed by atoms with van der Waals surface area (Å²) < 4.78 is 15.0. The molecule has 0 aliphatic rings. The monoisotopic (exact) mass is 380 g/mol. The average Bonchev–Trinajstić information content (AvgIpc) is 3.29. The summed E-state index contributed by atoms with van der Waals surface area (Å²) in [4.78, 5) is 18.2. The van der Waals surface area contributed by atoms with Crippen LogP contribution in [0, 0.1) is 12.7 Å². The quantitative estimate of drug-likeness (QED) is 0.582. The number of rotatable bonds is 4. The smallest absolute Gasteiger partial charge is 0.253 e. The molecule has 1 N–H and O–H groups in total. The van der Waals surface area contributed by atoms with Crippen LogP contribution in [0.4, 0.5) is 4.39 Å². The number of carbonyl (C=O) groups is 1. The fraction of sp³-hybridized carbons (Fsp3) is 0.150. The number of nitrogens with zero attached hydrogens (tertiary/aromatic N) is 3. The predicted molar refractivity (Wildman–Crippen MR) is 103 cm³/mol. The molecular weight excluding hydrogens is 363 g/mol. The van der Waals surface area contributed by atoms with E-state index in [1.54, 1.807) is 29.1 Å². The Hall–Kier alpha value is -3.06. The zero-order valence-electron chi connectivity index (χ0n) is 14.8. The summed E-state index contributed by atoms with van der Waals surface area (Å²) in [5, 5.41) is 10.2. The van der Waals surface area contributed by atoms with E-state index >= 15 is 0 Å². The number of amides is 1. The molecule has 3 aromatic heterocycles. The Labute approximate surface area is 159 Å².